The number of esters is 1. The average Bonchev–Trinajstić information content (AvgIpc) is 2.78. The first-order chi connectivity index (χ1) is 15.3. The Hall–Kier alpha value is -3.72. The number of hydrogen-bond acceptors (Lipinski definition) is 5. The van der Waals surface area contributed by atoms with Gasteiger partial charge in [0.15, 0.2) is 6.61 Å². The Morgan fingerprint density at radius 3 is 2.50 bits per heavy atom. The Morgan fingerprint density at radius 1 is 1.06 bits per heavy atom. The Balaban J connectivity index is 1.85. The molecule has 0 spiro atoms. The summed E-state index contributed by atoms with van der Waals surface area (Å²) < 4.78 is 44.4. The van der Waals surface area contributed by atoms with Crippen molar-refractivity contribution in [2.24, 2.45) is 5.10 Å². The molecule has 0 atom stereocenters. The average molecular weight is 462 g/mol. The van der Waals surface area contributed by atoms with Gasteiger partial charge in [-0.05, 0) is 35.9 Å². The molecule has 0 fully saturated rings. The molecule has 0 saturated heterocycles. The molecule has 32 heavy (non-hydrogen) atoms. The van der Waals surface area contributed by atoms with Crippen molar-refractivity contribution in [1.82, 2.24) is 4.98 Å². The predicted octanol–water partition coefficient (Wildman–Crippen LogP) is 4.98. The zero-order chi connectivity index (χ0) is 23.1. The lowest BCUT2D eigenvalue weighted by atomic mass is 10.2. The molecule has 0 unspecified atom stereocenters. The van der Waals surface area contributed by atoms with E-state index in [1.54, 1.807) is 30.3 Å². The van der Waals surface area contributed by atoms with E-state index in [9.17, 15) is 22.8 Å². The van der Waals surface area contributed by atoms with Crippen molar-refractivity contribution in [3.63, 3.8) is 0 Å². The minimum absolute atomic E-state index is 0.0552. The van der Waals surface area contributed by atoms with Gasteiger partial charge in [0.2, 0.25) is 0 Å². The summed E-state index contributed by atoms with van der Waals surface area (Å²) in [6, 6.07) is 15.5. The van der Waals surface area contributed by atoms with Gasteiger partial charge in [-0.25, -0.2) is 9.78 Å². The van der Waals surface area contributed by atoms with E-state index < -0.39 is 30.2 Å². The number of alkyl halides is 3. The molecule has 1 amide bonds. The lowest BCUT2D eigenvalue weighted by molar-refractivity contribution is -0.137. The Bertz CT molecular complexity index is 1140. The van der Waals surface area contributed by atoms with Crippen molar-refractivity contribution in [3.05, 3.63) is 94.8 Å². The first-order valence-electron chi connectivity index (χ1n) is 9.12. The summed E-state index contributed by atoms with van der Waals surface area (Å²) in [4.78, 5) is 28.7. The van der Waals surface area contributed by atoms with Gasteiger partial charge in [-0.1, -0.05) is 48.0 Å². The molecule has 2 aromatic carbocycles. The van der Waals surface area contributed by atoms with Gasteiger partial charge in [0.1, 0.15) is 5.15 Å². The van der Waals surface area contributed by atoms with Gasteiger partial charge in [-0.3, -0.25) is 4.79 Å². The number of hydrazone groups is 1. The number of hydrogen-bond donors (Lipinski definition) is 0. The summed E-state index contributed by atoms with van der Waals surface area (Å²) in [5.41, 5.74) is -0.550. The second-order valence-electron chi connectivity index (χ2n) is 6.33. The van der Waals surface area contributed by atoms with Crippen molar-refractivity contribution < 1.29 is 27.5 Å². The van der Waals surface area contributed by atoms with E-state index in [0.29, 0.717) is 5.56 Å². The molecule has 1 heterocycles. The first kappa shape index (κ1) is 23.0. The molecule has 6 nitrogen and oxygen atoms in total. The molecule has 0 radical (unpaired) electrons. The normalized spacial score (nSPS) is 11.4. The number of rotatable bonds is 6. The fraction of sp³-hybridized carbons (Fsp3) is 0.0909. The van der Waals surface area contributed by atoms with Crippen LogP contribution in [0.5, 0.6) is 0 Å². The molecule has 164 valence electrons. The second kappa shape index (κ2) is 10.1. The number of carbonyl (C=O) groups excluding carboxylic acids is 2. The zero-order valence-electron chi connectivity index (χ0n) is 16.3. The summed E-state index contributed by atoms with van der Waals surface area (Å²) in [5.74, 6) is -1.78. The number of ether oxygens (including phenoxy) is 1. The van der Waals surface area contributed by atoms with Crippen LogP contribution in [-0.2, 0) is 15.7 Å². The molecule has 0 aliphatic carbocycles. The standard InChI is InChI=1S/C22H15ClF3N3O3/c23-20-18(10-5-11-27-20)21(31)32-14-19(30)29(28-13-15-6-2-1-3-7-15)17-9-4-8-16(12-17)22(24,25)26/h1-13H,14H2/b28-13-. The maximum atomic E-state index is 13.1. The number of nitrogens with zero attached hydrogens (tertiary/aromatic N) is 3. The number of amides is 1. The number of carbonyl (C=O) groups is 2. The van der Waals surface area contributed by atoms with Crippen LogP contribution >= 0.6 is 11.6 Å². The largest absolute Gasteiger partial charge is 0.452 e. The molecule has 0 aliphatic rings. The SMILES string of the molecule is O=C(OCC(=O)N(/N=C\c1ccccc1)c1cccc(C(F)(F)F)c1)c1cccnc1Cl. The van der Waals surface area contributed by atoms with Crippen LogP contribution in [0.2, 0.25) is 5.15 Å². The van der Waals surface area contributed by atoms with E-state index in [2.05, 4.69) is 10.1 Å². The van der Waals surface area contributed by atoms with Crippen LogP contribution in [0.1, 0.15) is 21.5 Å². The smallest absolute Gasteiger partial charge is 0.416 e. The van der Waals surface area contributed by atoms with Gasteiger partial charge in [-0.15, -0.1) is 0 Å². The first-order valence-corrected chi connectivity index (χ1v) is 9.50. The lowest BCUT2D eigenvalue weighted by Gasteiger charge is -2.18. The van der Waals surface area contributed by atoms with E-state index in [1.807, 2.05) is 0 Å². The van der Waals surface area contributed by atoms with E-state index in [4.69, 9.17) is 16.3 Å². The van der Waals surface area contributed by atoms with Gasteiger partial charge in [0, 0.05) is 6.20 Å². The van der Waals surface area contributed by atoms with E-state index in [1.165, 1.54) is 30.6 Å². The summed E-state index contributed by atoms with van der Waals surface area (Å²) in [5, 5.41) is 4.64. The second-order valence-corrected chi connectivity index (χ2v) is 6.68. The highest BCUT2D eigenvalue weighted by Gasteiger charge is 2.31. The van der Waals surface area contributed by atoms with Gasteiger partial charge in [-0.2, -0.15) is 23.3 Å². The van der Waals surface area contributed by atoms with E-state index in [-0.39, 0.29) is 16.4 Å². The third kappa shape index (κ3) is 5.92. The van der Waals surface area contributed by atoms with Crippen molar-refractivity contribution in [2.75, 3.05) is 11.6 Å². The maximum absolute atomic E-state index is 13.1. The highest BCUT2D eigenvalue weighted by molar-refractivity contribution is 6.32. The predicted molar refractivity (Wildman–Crippen MR) is 112 cm³/mol. The quantitative estimate of drug-likeness (QED) is 0.225. The third-order valence-electron chi connectivity index (χ3n) is 4.08. The van der Waals surface area contributed by atoms with Crippen LogP contribution in [-0.4, -0.2) is 29.7 Å². The van der Waals surface area contributed by atoms with Crippen LogP contribution in [0.15, 0.2) is 78.0 Å². The van der Waals surface area contributed by atoms with Gasteiger partial charge in [0.05, 0.1) is 23.0 Å². The van der Waals surface area contributed by atoms with Crippen LogP contribution in [0.4, 0.5) is 18.9 Å². The summed E-state index contributed by atoms with van der Waals surface area (Å²) in [7, 11) is 0. The molecule has 0 N–H and O–H groups in total. The Morgan fingerprint density at radius 2 is 1.81 bits per heavy atom. The minimum Gasteiger partial charge on any atom is -0.452 e. The van der Waals surface area contributed by atoms with Gasteiger partial charge >= 0.3 is 12.1 Å². The summed E-state index contributed by atoms with van der Waals surface area (Å²) in [6.07, 6.45) is -1.94. The van der Waals surface area contributed by atoms with Gasteiger partial charge in [0.25, 0.3) is 5.91 Å². The highest BCUT2D eigenvalue weighted by Crippen LogP contribution is 2.31. The third-order valence-corrected chi connectivity index (χ3v) is 4.38. The molecule has 10 heteroatoms. The molecule has 1 aromatic heterocycles. The van der Waals surface area contributed by atoms with Crippen LogP contribution in [0.3, 0.4) is 0 Å². The molecule has 0 saturated carbocycles. The highest BCUT2D eigenvalue weighted by atomic mass is 35.5. The number of benzene rings is 2. The van der Waals surface area contributed by atoms with Crippen molar-refractivity contribution in [1.29, 1.82) is 0 Å². The molecule has 3 rings (SSSR count). The number of anilines is 1. The number of aromatic nitrogens is 1. The molecule has 3 aromatic rings. The van der Waals surface area contributed by atoms with Crippen LogP contribution in [0.25, 0.3) is 0 Å². The summed E-state index contributed by atoms with van der Waals surface area (Å²) in [6.45, 7) is -0.785. The fourth-order valence-electron chi connectivity index (χ4n) is 2.56. The Labute approximate surface area is 185 Å². The van der Waals surface area contributed by atoms with Crippen molar-refractivity contribution in [2.45, 2.75) is 6.18 Å². The maximum Gasteiger partial charge on any atom is 0.416 e. The number of pyridine rings is 1. The topological polar surface area (TPSA) is 71.9 Å². The number of halogens is 4. The van der Waals surface area contributed by atoms with E-state index in [0.717, 1.165) is 23.2 Å². The lowest BCUT2D eigenvalue weighted by Crippen LogP contribution is -2.31. The summed E-state index contributed by atoms with van der Waals surface area (Å²) >= 11 is 5.83. The molecular formula is C22H15ClF3N3O3. The molecule has 0 aliphatic heterocycles. The Kier molecular flexibility index (Phi) is 7.21. The molecular weight excluding hydrogens is 447 g/mol. The molecule has 0 bridgehead atoms. The van der Waals surface area contributed by atoms with Crippen LogP contribution in [0, 0.1) is 0 Å². The van der Waals surface area contributed by atoms with Gasteiger partial charge < -0.3 is 4.74 Å². The fourth-order valence-corrected chi connectivity index (χ4v) is 2.75. The van der Waals surface area contributed by atoms with Crippen molar-refractivity contribution >= 4 is 35.4 Å². The van der Waals surface area contributed by atoms with E-state index >= 15 is 0 Å². The van der Waals surface area contributed by atoms with Crippen LogP contribution < -0.4 is 5.01 Å². The zero-order valence-corrected chi connectivity index (χ0v) is 17.0. The van der Waals surface area contributed by atoms with Crippen molar-refractivity contribution in [3.8, 4) is 0 Å². The minimum atomic E-state index is -4.61. The monoisotopic (exact) mass is 461 g/mol.